The largest absolute Gasteiger partial charge is 0.325 e. The van der Waals surface area contributed by atoms with Crippen LogP contribution in [0.5, 0.6) is 0 Å². The van der Waals surface area contributed by atoms with Gasteiger partial charge in [-0.25, -0.2) is 0 Å². The number of nitro benzene ring substituents is 1. The molecular formula is C17H16N6O3S. The van der Waals surface area contributed by atoms with Gasteiger partial charge < -0.3 is 5.32 Å². The van der Waals surface area contributed by atoms with E-state index in [9.17, 15) is 14.9 Å². The highest BCUT2D eigenvalue weighted by atomic mass is 32.2. The van der Waals surface area contributed by atoms with Gasteiger partial charge in [-0.2, -0.15) is 4.68 Å². The van der Waals surface area contributed by atoms with Crippen molar-refractivity contribution in [1.29, 1.82) is 0 Å². The average molecular weight is 384 g/mol. The Hall–Kier alpha value is -3.27. The van der Waals surface area contributed by atoms with Crippen LogP contribution in [-0.2, 0) is 4.79 Å². The van der Waals surface area contributed by atoms with Crippen LogP contribution in [0.4, 0.5) is 11.4 Å². The van der Waals surface area contributed by atoms with E-state index in [1.54, 1.807) is 17.7 Å². The standard InChI is InChI=1S/C17H16N6O3S/c1-11-6-3-4-9-15(11)22-17(19-20-21-22)27-12(2)16(24)18-13-7-5-8-14(10-13)23(25)26/h3-10,12H,1-2H3,(H,18,24)/t12-/m1/s1. The molecule has 27 heavy (non-hydrogen) atoms. The number of carbonyl (C=O) groups is 1. The molecular weight excluding hydrogens is 368 g/mol. The predicted octanol–water partition coefficient (Wildman–Crippen LogP) is 3.00. The number of thioether (sulfide) groups is 1. The summed E-state index contributed by atoms with van der Waals surface area (Å²) in [6.45, 7) is 3.66. The number of benzene rings is 2. The third-order valence-electron chi connectivity index (χ3n) is 3.76. The van der Waals surface area contributed by atoms with Gasteiger partial charge in [0.2, 0.25) is 11.1 Å². The van der Waals surface area contributed by atoms with E-state index < -0.39 is 10.2 Å². The molecule has 138 valence electrons. The predicted molar refractivity (Wildman–Crippen MR) is 101 cm³/mol. The summed E-state index contributed by atoms with van der Waals surface area (Å²) in [4.78, 5) is 22.8. The quantitative estimate of drug-likeness (QED) is 0.394. The first kappa shape index (κ1) is 18.5. The Morgan fingerprint density at radius 2 is 2.04 bits per heavy atom. The van der Waals surface area contributed by atoms with Crippen LogP contribution < -0.4 is 5.32 Å². The number of amides is 1. The fourth-order valence-electron chi connectivity index (χ4n) is 2.36. The van der Waals surface area contributed by atoms with E-state index in [1.807, 2.05) is 31.2 Å². The number of tetrazole rings is 1. The van der Waals surface area contributed by atoms with Crippen LogP contribution in [0, 0.1) is 17.0 Å². The summed E-state index contributed by atoms with van der Waals surface area (Å²) in [5, 5.41) is 25.2. The second-order valence-corrected chi connectivity index (χ2v) is 7.02. The van der Waals surface area contributed by atoms with Crippen LogP contribution in [0.15, 0.2) is 53.7 Å². The van der Waals surface area contributed by atoms with Gasteiger partial charge in [-0.3, -0.25) is 14.9 Å². The fraction of sp³-hybridized carbons (Fsp3) is 0.176. The van der Waals surface area contributed by atoms with Crippen molar-refractivity contribution >= 4 is 29.0 Å². The number of non-ortho nitro benzene ring substituents is 1. The van der Waals surface area contributed by atoms with E-state index in [0.29, 0.717) is 10.8 Å². The second-order valence-electron chi connectivity index (χ2n) is 5.72. The van der Waals surface area contributed by atoms with E-state index >= 15 is 0 Å². The maximum Gasteiger partial charge on any atom is 0.271 e. The molecule has 0 saturated heterocycles. The summed E-state index contributed by atoms with van der Waals surface area (Å²) in [5.74, 6) is -0.306. The van der Waals surface area contributed by atoms with Crippen molar-refractivity contribution in [2.75, 3.05) is 5.32 Å². The molecule has 1 N–H and O–H groups in total. The number of nitro groups is 1. The highest BCUT2D eigenvalue weighted by molar-refractivity contribution is 8.00. The molecule has 9 nitrogen and oxygen atoms in total. The number of aryl methyl sites for hydroxylation is 1. The van der Waals surface area contributed by atoms with Crippen molar-refractivity contribution in [3.8, 4) is 5.69 Å². The van der Waals surface area contributed by atoms with Crippen LogP contribution in [-0.4, -0.2) is 36.3 Å². The molecule has 0 spiro atoms. The van der Waals surface area contributed by atoms with Crippen LogP contribution in [0.2, 0.25) is 0 Å². The zero-order valence-electron chi connectivity index (χ0n) is 14.6. The molecule has 0 saturated carbocycles. The Labute approximate surface area is 158 Å². The Morgan fingerprint density at radius 1 is 1.26 bits per heavy atom. The minimum Gasteiger partial charge on any atom is -0.325 e. The molecule has 1 amide bonds. The Morgan fingerprint density at radius 3 is 2.78 bits per heavy atom. The zero-order valence-corrected chi connectivity index (χ0v) is 15.4. The number of aromatic nitrogens is 4. The van der Waals surface area contributed by atoms with Crippen LogP contribution in [0.1, 0.15) is 12.5 Å². The summed E-state index contributed by atoms with van der Waals surface area (Å²) in [6.07, 6.45) is 0. The normalized spacial score (nSPS) is 11.8. The van der Waals surface area contributed by atoms with E-state index in [2.05, 4.69) is 20.8 Å². The summed E-state index contributed by atoms with van der Waals surface area (Å²) < 4.78 is 1.58. The number of carbonyl (C=O) groups excluding carboxylic acids is 1. The average Bonchev–Trinajstić information content (AvgIpc) is 3.10. The highest BCUT2D eigenvalue weighted by Gasteiger charge is 2.20. The minimum atomic E-state index is -0.516. The highest BCUT2D eigenvalue weighted by Crippen LogP contribution is 2.25. The maximum atomic E-state index is 12.5. The smallest absolute Gasteiger partial charge is 0.271 e. The molecule has 3 rings (SSSR count). The van der Waals surface area contributed by atoms with Gasteiger partial charge in [-0.15, -0.1) is 5.10 Å². The number of rotatable bonds is 6. The van der Waals surface area contributed by atoms with Crippen LogP contribution in [0.25, 0.3) is 5.69 Å². The van der Waals surface area contributed by atoms with Gasteiger partial charge in [0.05, 0.1) is 15.9 Å². The zero-order chi connectivity index (χ0) is 19.4. The van der Waals surface area contributed by atoms with Gasteiger partial charge in [-0.05, 0) is 42.0 Å². The van der Waals surface area contributed by atoms with Crippen molar-refractivity contribution < 1.29 is 9.72 Å². The topological polar surface area (TPSA) is 116 Å². The first-order valence-electron chi connectivity index (χ1n) is 8.02. The van der Waals surface area contributed by atoms with Gasteiger partial charge in [-0.1, -0.05) is 36.0 Å². The Kier molecular flexibility index (Phi) is 5.46. The molecule has 1 aromatic heterocycles. The molecule has 3 aromatic rings. The number of para-hydroxylation sites is 1. The second kappa shape index (κ2) is 7.96. The van der Waals surface area contributed by atoms with E-state index in [4.69, 9.17) is 0 Å². The van der Waals surface area contributed by atoms with Gasteiger partial charge >= 0.3 is 0 Å². The molecule has 0 unspecified atom stereocenters. The van der Waals surface area contributed by atoms with Gasteiger partial charge in [0.1, 0.15) is 0 Å². The monoisotopic (exact) mass is 384 g/mol. The summed E-state index contributed by atoms with van der Waals surface area (Å²) in [6, 6.07) is 13.4. The molecule has 1 atom stereocenters. The summed E-state index contributed by atoms with van der Waals surface area (Å²) in [7, 11) is 0. The molecule has 1 heterocycles. The number of nitrogens with one attached hydrogen (secondary N) is 1. The molecule has 0 radical (unpaired) electrons. The molecule has 0 fully saturated rings. The van der Waals surface area contributed by atoms with Crippen molar-refractivity contribution in [3.05, 3.63) is 64.2 Å². The van der Waals surface area contributed by atoms with E-state index in [1.165, 1.54) is 30.0 Å². The number of hydrogen-bond donors (Lipinski definition) is 1. The van der Waals surface area contributed by atoms with E-state index in [0.717, 1.165) is 11.3 Å². The number of nitrogens with zero attached hydrogens (tertiary/aromatic N) is 5. The van der Waals surface area contributed by atoms with Crippen molar-refractivity contribution in [2.45, 2.75) is 24.3 Å². The van der Waals surface area contributed by atoms with Crippen molar-refractivity contribution in [3.63, 3.8) is 0 Å². The lowest BCUT2D eigenvalue weighted by Gasteiger charge is -2.12. The van der Waals surface area contributed by atoms with Gasteiger partial charge in [0.15, 0.2) is 0 Å². The Balaban J connectivity index is 1.73. The molecule has 10 heteroatoms. The molecule has 0 aliphatic heterocycles. The molecule has 0 aliphatic carbocycles. The maximum absolute atomic E-state index is 12.5. The Bertz CT molecular complexity index is 990. The lowest BCUT2D eigenvalue weighted by atomic mass is 10.2. The van der Waals surface area contributed by atoms with E-state index in [-0.39, 0.29) is 11.6 Å². The number of anilines is 1. The molecule has 2 aromatic carbocycles. The number of hydrogen-bond acceptors (Lipinski definition) is 7. The minimum absolute atomic E-state index is 0.0865. The first-order chi connectivity index (χ1) is 13.0. The van der Waals surface area contributed by atoms with Crippen molar-refractivity contribution in [2.24, 2.45) is 0 Å². The third kappa shape index (κ3) is 4.29. The van der Waals surface area contributed by atoms with Crippen LogP contribution >= 0.6 is 11.8 Å². The lowest BCUT2D eigenvalue weighted by molar-refractivity contribution is -0.384. The van der Waals surface area contributed by atoms with Gasteiger partial charge in [0.25, 0.3) is 5.69 Å². The van der Waals surface area contributed by atoms with Crippen LogP contribution in [0.3, 0.4) is 0 Å². The summed E-state index contributed by atoms with van der Waals surface area (Å²) >= 11 is 1.20. The fourth-order valence-corrected chi connectivity index (χ4v) is 3.16. The SMILES string of the molecule is Cc1ccccc1-n1nnnc1S[C@H](C)C(=O)Nc1cccc([N+](=O)[O-])c1. The van der Waals surface area contributed by atoms with Crippen molar-refractivity contribution in [1.82, 2.24) is 20.2 Å². The summed E-state index contributed by atoms with van der Waals surface area (Å²) in [5.41, 5.74) is 2.10. The lowest BCUT2D eigenvalue weighted by Crippen LogP contribution is -2.23. The molecule has 0 aliphatic rings. The van der Waals surface area contributed by atoms with Gasteiger partial charge in [0, 0.05) is 17.8 Å². The molecule has 0 bridgehead atoms. The third-order valence-corrected chi connectivity index (χ3v) is 4.79. The first-order valence-corrected chi connectivity index (χ1v) is 8.90.